The molecule has 20 heavy (non-hydrogen) atoms. The van der Waals surface area contributed by atoms with Crippen LogP contribution in [0.1, 0.15) is 10.6 Å². The first-order chi connectivity index (χ1) is 9.29. The molecule has 0 saturated carbocycles. The molecular formula is C11H9FN2O4S2. The van der Waals surface area contributed by atoms with Crippen LogP contribution in [-0.2, 0) is 15.6 Å². The molecule has 0 spiro atoms. The molecule has 0 atom stereocenters. The topological polar surface area (TPSA) is 90.2 Å². The second kappa shape index (κ2) is 5.25. The number of nitrogens with zero attached hydrogens (tertiary/aromatic N) is 2. The van der Waals surface area contributed by atoms with Crippen LogP contribution in [0.3, 0.4) is 0 Å². The molecule has 6 nitrogen and oxygen atoms in total. The highest BCUT2D eigenvalue weighted by atomic mass is 32.2. The van der Waals surface area contributed by atoms with Gasteiger partial charge in [0.25, 0.3) is 5.69 Å². The maximum absolute atomic E-state index is 12.9. The van der Waals surface area contributed by atoms with Crippen molar-refractivity contribution < 1.29 is 17.7 Å². The summed E-state index contributed by atoms with van der Waals surface area (Å²) in [4.78, 5) is 13.9. The number of aryl methyl sites for hydroxylation is 1. The summed E-state index contributed by atoms with van der Waals surface area (Å²) >= 11 is 0.822. The summed E-state index contributed by atoms with van der Waals surface area (Å²) in [5.41, 5.74) is -0.181. The fourth-order valence-corrected chi connectivity index (χ4v) is 4.33. The summed E-state index contributed by atoms with van der Waals surface area (Å²) < 4.78 is 37.1. The average Bonchev–Trinajstić information content (AvgIpc) is 2.71. The van der Waals surface area contributed by atoms with Crippen molar-refractivity contribution >= 4 is 26.9 Å². The Kier molecular flexibility index (Phi) is 3.82. The summed E-state index contributed by atoms with van der Waals surface area (Å²) in [5.74, 6) is -1.27. The van der Waals surface area contributed by atoms with E-state index in [4.69, 9.17) is 0 Å². The molecule has 0 unspecified atom stereocenters. The molecule has 0 radical (unpaired) electrons. The Hall–Kier alpha value is -1.87. The lowest BCUT2D eigenvalue weighted by Crippen LogP contribution is -2.05. The van der Waals surface area contributed by atoms with Crippen molar-refractivity contribution in [1.29, 1.82) is 0 Å². The molecule has 2 aromatic heterocycles. The van der Waals surface area contributed by atoms with Gasteiger partial charge in [0.15, 0.2) is 9.84 Å². The molecule has 2 aromatic rings. The van der Waals surface area contributed by atoms with Gasteiger partial charge in [0, 0.05) is 6.07 Å². The number of pyridine rings is 1. The number of hydrogen-bond donors (Lipinski definition) is 0. The van der Waals surface area contributed by atoms with E-state index < -0.39 is 26.5 Å². The van der Waals surface area contributed by atoms with E-state index in [2.05, 4.69) is 4.98 Å². The van der Waals surface area contributed by atoms with Crippen LogP contribution in [0.25, 0.3) is 0 Å². The third-order valence-electron chi connectivity index (χ3n) is 2.48. The highest BCUT2D eigenvalue weighted by molar-refractivity contribution is 7.92. The molecule has 0 bridgehead atoms. The fourth-order valence-electron chi connectivity index (χ4n) is 1.58. The van der Waals surface area contributed by atoms with Crippen LogP contribution < -0.4 is 0 Å². The normalized spacial score (nSPS) is 11.5. The van der Waals surface area contributed by atoms with E-state index in [-0.39, 0.29) is 15.6 Å². The van der Waals surface area contributed by atoms with Crippen molar-refractivity contribution in [1.82, 2.24) is 4.98 Å². The number of rotatable bonds is 4. The number of sulfone groups is 1. The van der Waals surface area contributed by atoms with Crippen molar-refractivity contribution in [3.8, 4) is 0 Å². The van der Waals surface area contributed by atoms with Crippen molar-refractivity contribution in [2.75, 3.05) is 0 Å². The SMILES string of the molecule is Cc1sc(S(=O)(=O)Cc2cccc(F)n2)cc1[N+](=O)[O-]. The van der Waals surface area contributed by atoms with E-state index in [0.29, 0.717) is 4.88 Å². The lowest BCUT2D eigenvalue weighted by atomic mass is 10.4. The van der Waals surface area contributed by atoms with Crippen LogP contribution in [0.5, 0.6) is 0 Å². The molecule has 0 aliphatic carbocycles. The number of nitro groups is 1. The van der Waals surface area contributed by atoms with Crippen LogP contribution in [0.15, 0.2) is 28.5 Å². The van der Waals surface area contributed by atoms with Crippen LogP contribution in [0, 0.1) is 23.0 Å². The van der Waals surface area contributed by atoms with Gasteiger partial charge in [-0.1, -0.05) is 6.07 Å². The van der Waals surface area contributed by atoms with E-state index >= 15 is 0 Å². The summed E-state index contributed by atoms with van der Waals surface area (Å²) in [6.07, 6.45) is 0. The van der Waals surface area contributed by atoms with Gasteiger partial charge in [-0.25, -0.2) is 13.4 Å². The van der Waals surface area contributed by atoms with Crippen molar-refractivity contribution in [2.45, 2.75) is 16.9 Å². The molecule has 0 aromatic carbocycles. The number of halogens is 1. The summed E-state index contributed by atoms with van der Waals surface area (Å²) in [7, 11) is -3.78. The van der Waals surface area contributed by atoms with Crippen molar-refractivity contribution in [2.24, 2.45) is 0 Å². The van der Waals surface area contributed by atoms with Crippen LogP contribution >= 0.6 is 11.3 Å². The second-order valence-electron chi connectivity index (χ2n) is 3.97. The fraction of sp³-hybridized carbons (Fsp3) is 0.182. The highest BCUT2D eigenvalue weighted by Gasteiger charge is 2.24. The Balaban J connectivity index is 2.36. The maximum atomic E-state index is 12.9. The van der Waals surface area contributed by atoms with Crippen molar-refractivity contribution in [3.63, 3.8) is 0 Å². The Morgan fingerprint density at radius 2 is 2.15 bits per heavy atom. The van der Waals surface area contributed by atoms with Gasteiger partial charge >= 0.3 is 0 Å². The molecule has 2 heterocycles. The van der Waals surface area contributed by atoms with E-state index in [9.17, 15) is 22.9 Å². The number of aromatic nitrogens is 1. The van der Waals surface area contributed by atoms with E-state index in [1.54, 1.807) is 0 Å². The third-order valence-corrected chi connectivity index (χ3v) is 5.74. The molecular weight excluding hydrogens is 307 g/mol. The lowest BCUT2D eigenvalue weighted by Gasteiger charge is -2.00. The van der Waals surface area contributed by atoms with Gasteiger partial charge < -0.3 is 0 Å². The van der Waals surface area contributed by atoms with Gasteiger partial charge in [0.2, 0.25) is 5.95 Å². The van der Waals surface area contributed by atoms with Crippen LogP contribution in [0.4, 0.5) is 10.1 Å². The van der Waals surface area contributed by atoms with Gasteiger partial charge in [-0.3, -0.25) is 10.1 Å². The quantitative estimate of drug-likeness (QED) is 0.491. The predicted octanol–water partition coefficient (Wildman–Crippen LogP) is 2.47. The van der Waals surface area contributed by atoms with E-state index in [1.165, 1.54) is 19.1 Å². The zero-order valence-corrected chi connectivity index (χ0v) is 11.9. The van der Waals surface area contributed by atoms with E-state index in [0.717, 1.165) is 23.5 Å². The lowest BCUT2D eigenvalue weighted by molar-refractivity contribution is -0.385. The first-order valence-electron chi connectivity index (χ1n) is 5.38. The molecule has 9 heteroatoms. The molecule has 0 aliphatic rings. The monoisotopic (exact) mass is 316 g/mol. The molecule has 106 valence electrons. The largest absolute Gasteiger partial charge is 0.284 e. The molecule has 0 aliphatic heterocycles. The Bertz CT molecular complexity index is 770. The minimum Gasteiger partial charge on any atom is -0.258 e. The maximum Gasteiger partial charge on any atom is 0.284 e. The predicted molar refractivity (Wildman–Crippen MR) is 70.8 cm³/mol. The molecule has 2 rings (SSSR count). The molecule has 0 amide bonds. The molecule has 0 fully saturated rings. The van der Waals surface area contributed by atoms with Gasteiger partial charge in [0.05, 0.1) is 21.2 Å². The van der Waals surface area contributed by atoms with Crippen molar-refractivity contribution in [3.05, 3.63) is 50.9 Å². The standard InChI is InChI=1S/C11H9FN2O4S2/c1-7-9(14(15)16)5-11(19-7)20(17,18)6-8-3-2-4-10(12)13-8/h2-5H,6H2,1H3. The average molecular weight is 316 g/mol. The smallest absolute Gasteiger partial charge is 0.258 e. The van der Waals surface area contributed by atoms with Gasteiger partial charge in [-0.05, 0) is 19.1 Å². The van der Waals surface area contributed by atoms with Gasteiger partial charge in [-0.15, -0.1) is 11.3 Å². The van der Waals surface area contributed by atoms with E-state index in [1.807, 2.05) is 0 Å². The third kappa shape index (κ3) is 2.99. The molecule has 0 N–H and O–H groups in total. The van der Waals surface area contributed by atoms with Crippen LogP contribution in [0.2, 0.25) is 0 Å². The zero-order chi connectivity index (χ0) is 14.9. The Morgan fingerprint density at radius 3 is 2.70 bits per heavy atom. The Labute approximate surface area is 118 Å². The minimum atomic E-state index is -3.78. The minimum absolute atomic E-state index is 0.0544. The number of hydrogen-bond acceptors (Lipinski definition) is 6. The second-order valence-corrected chi connectivity index (χ2v) is 7.45. The summed E-state index contributed by atoms with van der Waals surface area (Å²) in [6.45, 7) is 1.47. The first kappa shape index (κ1) is 14.5. The van der Waals surface area contributed by atoms with Crippen LogP contribution in [-0.4, -0.2) is 18.3 Å². The molecule has 0 saturated heterocycles. The highest BCUT2D eigenvalue weighted by Crippen LogP contribution is 2.32. The van der Waals surface area contributed by atoms with Gasteiger partial charge in [-0.2, -0.15) is 4.39 Å². The summed E-state index contributed by atoms with van der Waals surface area (Å²) in [6, 6.07) is 4.87. The Morgan fingerprint density at radius 1 is 1.45 bits per heavy atom. The van der Waals surface area contributed by atoms with Gasteiger partial charge in [0.1, 0.15) is 4.21 Å². The zero-order valence-electron chi connectivity index (χ0n) is 10.2. The summed E-state index contributed by atoms with van der Waals surface area (Å²) in [5, 5.41) is 10.7. The first-order valence-corrected chi connectivity index (χ1v) is 7.85. The number of thiophene rings is 1.